The highest BCUT2D eigenvalue weighted by Gasteiger charge is 2.41. The summed E-state index contributed by atoms with van der Waals surface area (Å²) in [7, 11) is 0. The Morgan fingerprint density at radius 2 is 1.84 bits per heavy atom. The van der Waals surface area contributed by atoms with Crippen LogP contribution in [-0.4, -0.2) is 25.7 Å². The standard InChI is InChI=1S/C21H26N2O2/c1-2-22-16-17-7-6-10-19(15-17)23-20(24)21(11-13-25-14-12-21)18-8-4-3-5-9-18/h3-10,15,22H,2,11-14,16H2,1H3,(H,23,24). The van der Waals surface area contributed by atoms with Gasteiger partial charge in [-0.25, -0.2) is 0 Å². The molecule has 0 bridgehead atoms. The van der Waals surface area contributed by atoms with Crippen molar-refractivity contribution in [2.75, 3.05) is 25.1 Å². The number of carbonyl (C=O) groups excluding carboxylic acids is 1. The van der Waals surface area contributed by atoms with Crippen LogP contribution in [0.2, 0.25) is 0 Å². The number of carbonyl (C=O) groups is 1. The maximum absolute atomic E-state index is 13.2. The van der Waals surface area contributed by atoms with Crippen LogP contribution in [0, 0.1) is 0 Å². The number of hydrogen-bond acceptors (Lipinski definition) is 3. The van der Waals surface area contributed by atoms with E-state index in [2.05, 4.69) is 23.6 Å². The van der Waals surface area contributed by atoms with Gasteiger partial charge >= 0.3 is 0 Å². The molecule has 1 amide bonds. The molecule has 1 fully saturated rings. The smallest absolute Gasteiger partial charge is 0.235 e. The van der Waals surface area contributed by atoms with E-state index in [4.69, 9.17) is 4.74 Å². The number of nitrogens with one attached hydrogen (secondary N) is 2. The second-order valence-corrected chi connectivity index (χ2v) is 6.50. The lowest BCUT2D eigenvalue weighted by Crippen LogP contribution is -2.44. The van der Waals surface area contributed by atoms with Gasteiger partial charge in [0, 0.05) is 25.4 Å². The van der Waals surface area contributed by atoms with E-state index in [0.29, 0.717) is 26.1 Å². The molecule has 1 aliphatic rings. The summed E-state index contributed by atoms with van der Waals surface area (Å²) < 4.78 is 5.52. The van der Waals surface area contributed by atoms with Crippen molar-refractivity contribution in [1.29, 1.82) is 0 Å². The van der Waals surface area contributed by atoms with Crippen molar-refractivity contribution in [2.45, 2.75) is 31.7 Å². The van der Waals surface area contributed by atoms with Gasteiger partial charge in [0.25, 0.3) is 0 Å². The minimum Gasteiger partial charge on any atom is -0.381 e. The first-order valence-electron chi connectivity index (χ1n) is 8.99. The van der Waals surface area contributed by atoms with Crippen LogP contribution in [-0.2, 0) is 21.5 Å². The number of hydrogen-bond donors (Lipinski definition) is 2. The molecule has 1 aliphatic heterocycles. The number of anilines is 1. The molecule has 0 radical (unpaired) electrons. The van der Waals surface area contributed by atoms with E-state index in [9.17, 15) is 4.79 Å². The molecule has 2 aromatic rings. The van der Waals surface area contributed by atoms with E-state index >= 15 is 0 Å². The van der Waals surface area contributed by atoms with Gasteiger partial charge in [0.05, 0.1) is 5.41 Å². The van der Waals surface area contributed by atoms with Gasteiger partial charge in [0.15, 0.2) is 0 Å². The minimum atomic E-state index is -0.517. The van der Waals surface area contributed by atoms with E-state index in [-0.39, 0.29) is 5.91 Å². The number of ether oxygens (including phenoxy) is 1. The van der Waals surface area contributed by atoms with Crippen molar-refractivity contribution in [3.05, 3.63) is 65.7 Å². The van der Waals surface area contributed by atoms with Gasteiger partial charge in [0.1, 0.15) is 0 Å². The fourth-order valence-corrected chi connectivity index (χ4v) is 3.40. The summed E-state index contributed by atoms with van der Waals surface area (Å²) in [5, 5.41) is 6.46. The van der Waals surface area contributed by atoms with Crippen LogP contribution in [0.3, 0.4) is 0 Å². The first-order chi connectivity index (χ1) is 12.2. The zero-order valence-electron chi connectivity index (χ0n) is 14.8. The zero-order chi connectivity index (χ0) is 17.5. The third-order valence-electron chi connectivity index (χ3n) is 4.87. The van der Waals surface area contributed by atoms with Gasteiger partial charge in [-0.2, -0.15) is 0 Å². The van der Waals surface area contributed by atoms with Crippen LogP contribution in [0.25, 0.3) is 0 Å². The lowest BCUT2D eigenvalue weighted by atomic mass is 9.73. The predicted molar refractivity (Wildman–Crippen MR) is 101 cm³/mol. The second-order valence-electron chi connectivity index (χ2n) is 6.50. The average Bonchev–Trinajstić information content (AvgIpc) is 2.68. The molecule has 2 aromatic carbocycles. The summed E-state index contributed by atoms with van der Waals surface area (Å²) in [6.07, 6.45) is 1.42. The minimum absolute atomic E-state index is 0.0580. The fourth-order valence-electron chi connectivity index (χ4n) is 3.40. The van der Waals surface area contributed by atoms with E-state index in [1.54, 1.807) is 0 Å². The molecule has 0 aromatic heterocycles. The largest absolute Gasteiger partial charge is 0.381 e. The van der Waals surface area contributed by atoms with Crippen LogP contribution in [0.4, 0.5) is 5.69 Å². The molecule has 25 heavy (non-hydrogen) atoms. The van der Waals surface area contributed by atoms with E-state index in [1.165, 1.54) is 5.56 Å². The Hall–Kier alpha value is -2.17. The quantitative estimate of drug-likeness (QED) is 0.848. The molecule has 0 atom stereocenters. The third-order valence-corrected chi connectivity index (χ3v) is 4.87. The average molecular weight is 338 g/mol. The Morgan fingerprint density at radius 1 is 1.08 bits per heavy atom. The number of rotatable bonds is 6. The summed E-state index contributed by atoms with van der Waals surface area (Å²) in [6, 6.07) is 18.1. The molecule has 132 valence electrons. The summed E-state index contributed by atoms with van der Waals surface area (Å²) in [6.45, 7) is 5.04. The van der Waals surface area contributed by atoms with Crippen molar-refractivity contribution < 1.29 is 9.53 Å². The lowest BCUT2D eigenvalue weighted by Gasteiger charge is -2.36. The topological polar surface area (TPSA) is 50.4 Å². The molecule has 1 heterocycles. The Morgan fingerprint density at radius 3 is 2.56 bits per heavy atom. The molecule has 0 aliphatic carbocycles. The van der Waals surface area contributed by atoms with Gasteiger partial charge in [-0.1, -0.05) is 49.4 Å². The maximum Gasteiger partial charge on any atom is 0.235 e. The van der Waals surface area contributed by atoms with Crippen molar-refractivity contribution >= 4 is 11.6 Å². The van der Waals surface area contributed by atoms with Crippen LogP contribution < -0.4 is 10.6 Å². The summed E-state index contributed by atoms with van der Waals surface area (Å²) >= 11 is 0. The molecule has 4 heteroatoms. The Bertz CT molecular complexity index is 694. The Labute approximate surface area is 149 Å². The highest BCUT2D eigenvalue weighted by molar-refractivity contribution is 5.99. The van der Waals surface area contributed by atoms with Crippen LogP contribution in [0.1, 0.15) is 30.9 Å². The van der Waals surface area contributed by atoms with Crippen molar-refractivity contribution in [1.82, 2.24) is 5.32 Å². The predicted octanol–water partition coefficient (Wildman–Crippen LogP) is 3.48. The third kappa shape index (κ3) is 4.09. The molecule has 4 nitrogen and oxygen atoms in total. The Balaban J connectivity index is 1.82. The normalized spacial score (nSPS) is 16.4. The van der Waals surface area contributed by atoms with Crippen LogP contribution >= 0.6 is 0 Å². The molecule has 3 rings (SSSR count). The van der Waals surface area contributed by atoms with Gasteiger partial charge in [0.2, 0.25) is 5.91 Å². The van der Waals surface area contributed by atoms with Gasteiger partial charge in [-0.05, 0) is 42.6 Å². The molecule has 0 saturated carbocycles. The molecular weight excluding hydrogens is 312 g/mol. The van der Waals surface area contributed by atoms with E-state index in [1.807, 2.05) is 48.5 Å². The fraction of sp³-hybridized carbons (Fsp3) is 0.381. The van der Waals surface area contributed by atoms with Crippen molar-refractivity contribution in [3.63, 3.8) is 0 Å². The zero-order valence-corrected chi connectivity index (χ0v) is 14.8. The molecule has 1 saturated heterocycles. The number of benzene rings is 2. The molecule has 0 spiro atoms. The molecule has 0 unspecified atom stereocenters. The van der Waals surface area contributed by atoms with Crippen LogP contribution in [0.15, 0.2) is 54.6 Å². The monoisotopic (exact) mass is 338 g/mol. The number of amides is 1. The summed E-state index contributed by atoms with van der Waals surface area (Å²) in [5.41, 5.74) is 2.57. The first-order valence-corrected chi connectivity index (χ1v) is 8.99. The highest BCUT2D eigenvalue weighted by atomic mass is 16.5. The Kier molecular flexibility index (Phi) is 5.84. The van der Waals surface area contributed by atoms with Gasteiger partial charge in [-0.3, -0.25) is 4.79 Å². The molecule has 2 N–H and O–H groups in total. The van der Waals surface area contributed by atoms with Crippen LogP contribution in [0.5, 0.6) is 0 Å². The van der Waals surface area contributed by atoms with E-state index in [0.717, 1.165) is 24.3 Å². The summed E-state index contributed by atoms with van der Waals surface area (Å²) in [5.74, 6) is 0.0580. The van der Waals surface area contributed by atoms with Gasteiger partial charge in [-0.15, -0.1) is 0 Å². The van der Waals surface area contributed by atoms with Crippen molar-refractivity contribution in [3.8, 4) is 0 Å². The van der Waals surface area contributed by atoms with Crippen molar-refractivity contribution in [2.24, 2.45) is 0 Å². The first kappa shape index (κ1) is 17.6. The van der Waals surface area contributed by atoms with Gasteiger partial charge < -0.3 is 15.4 Å². The molecular formula is C21H26N2O2. The SMILES string of the molecule is CCNCc1cccc(NC(=O)C2(c3ccccc3)CCOCC2)c1. The van der Waals surface area contributed by atoms with E-state index < -0.39 is 5.41 Å². The second kappa shape index (κ2) is 8.28. The highest BCUT2D eigenvalue weighted by Crippen LogP contribution is 2.36. The maximum atomic E-state index is 13.2. The lowest BCUT2D eigenvalue weighted by molar-refractivity contribution is -0.125. The summed E-state index contributed by atoms with van der Waals surface area (Å²) in [4.78, 5) is 13.2.